The molecule has 6 heteroatoms. The van der Waals surface area contributed by atoms with Crippen molar-refractivity contribution < 1.29 is 28.5 Å². The van der Waals surface area contributed by atoms with E-state index in [0.717, 1.165) is 0 Å². The molecular weight excluding hydrogens is 336 g/mol. The zero-order valence-electron chi connectivity index (χ0n) is 14.4. The van der Waals surface area contributed by atoms with Crippen molar-refractivity contribution >= 4 is 18.0 Å². The Hall–Kier alpha value is -3.28. The molecule has 134 valence electrons. The Bertz CT molecular complexity index is 821. The Kier molecular flexibility index (Phi) is 5.22. The minimum atomic E-state index is -1.04. The lowest BCUT2D eigenvalue weighted by molar-refractivity contribution is -0.195. The van der Waals surface area contributed by atoms with Gasteiger partial charge in [0.05, 0.1) is 13.7 Å². The summed E-state index contributed by atoms with van der Waals surface area (Å²) in [6, 6.07) is 13.9. The fraction of sp³-hybridized carbons (Fsp3) is 0.200. The van der Waals surface area contributed by atoms with Crippen LogP contribution in [-0.4, -0.2) is 25.7 Å². The Morgan fingerprint density at radius 1 is 1.00 bits per heavy atom. The van der Waals surface area contributed by atoms with E-state index in [2.05, 4.69) is 0 Å². The Labute approximate surface area is 150 Å². The van der Waals surface area contributed by atoms with Crippen LogP contribution in [0, 0.1) is 0 Å². The van der Waals surface area contributed by atoms with E-state index in [1.54, 1.807) is 42.5 Å². The smallest absolute Gasteiger partial charge is 0.348 e. The molecule has 6 nitrogen and oxygen atoms in total. The third-order valence-corrected chi connectivity index (χ3v) is 3.74. The Morgan fingerprint density at radius 2 is 1.69 bits per heavy atom. The molecule has 0 aromatic heterocycles. The van der Waals surface area contributed by atoms with Crippen LogP contribution in [0.15, 0.2) is 54.1 Å². The first-order chi connectivity index (χ1) is 12.6. The Balaban J connectivity index is 1.85. The number of carbonyl (C=O) groups excluding carboxylic acids is 2. The van der Waals surface area contributed by atoms with E-state index in [9.17, 15) is 9.59 Å². The number of rotatable bonds is 5. The van der Waals surface area contributed by atoms with Gasteiger partial charge in [0.2, 0.25) is 0 Å². The number of hydrogen-bond donors (Lipinski definition) is 0. The van der Waals surface area contributed by atoms with Crippen LogP contribution in [0.5, 0.6) is 11.5 Å². The molecule has 1 aliphatic rings. The minimum Gasteiger partial charge on any atom is -0.493 e. The van der Waals surface area contributed by atoms with Crippen LogP contribution in [0.1, 0.15) is 24.3 Å². The topological polar surface area (TPSA) is 71.1 Å². The van der Waals surface area contributed by atoms with E-state index in [0.29, 0.717) is 29.2 Å². The molecule has 0 saturated carbocycles. The lowest BCUT2D eigenvalue weighted by Crippen LogP contribution is -2.29. The molecule has 2 aromatic carbocycles. The van der Waals surface area contributed by atoms with Crippen LogP contribution < -0.4 is 9.47 Å². The van der Waals surface area contributed by atoms with Crippen molar-refractivity contribution in [1.29, 1.82) is 0 Å². The van der Waals surface area contributed by atoms with Crippen LogP contribution in [0.4, 0.5) is 0 Å². The first kappa shape index (κ1) is 17.5. The summed E-state index contributed by atoms with van der Waals surface area (Å²) in [5.74, 6) is -0.385. The van der Waals surface area contributed by atoms with Gasteiger partial charge in [0.1, 0.15) is 5.57 Å². The zero-order chi connectivity index (χ0) is 18.5. The van der Waals surface area contributed by atoms with Crippen molar-refractivity contribution in [2.75, 3.05) is 13.7 Å². The summed E-state index contributed by atoms with van der Waals surface area (Å²) in [5, 5.41) is 0. The molecule has 0 spiro atoms. The molecule has 0 aliphatic carbocycles. The van der Waals surface area contributed by atoms with Gasteiger partial charge < -0.3 is 18.9 Å². The second-order valence-electron chi connectivity index (χ2n) is 5.45. The monoisotopic (exact) mass is 354 g/mol. The highest BCUT2D eigenvalue weighted by Crippen LogP contribution is 2.31. The van der Waals surface area contributed by atoms with Crippen LogP contribution >= 0.6 is 0 Å². The van der Waals surface area contributed by atoms with Gasteiger partial charge in [-0.2, -0.15) is 0 Å². The molecular formula is C20H18O6. The van der Waals surface area contributed by atoms with Crippen molar-refractivity contribution in [3.63, 3.8) is 0 Å². The number of ether oxygens (including phenoxy) is 4. The fourth-order valence-corrected chi connectivity index (χ4v) is 2.51. The van der Waals surface area contributed by atoms with Gasteiger partial charge in [-0.05, 0) is 30.7 Å². The minimum absolute atomic E-state index is 0.176. The molecule has 0 atom stereocenters. The molecule has 3 rings (SSSR count). The maximum atomic E-state index is 12.3. The summed E-state index contributed by atoms with van der Waals surface area (Å²) < 4.78 is 21.2. The highest BCUT2D eigenvalue weighted by molar-refractivity contribution is 6.18. The highest BCUT2D eigenvalue weighted by Gasteiger charge is 2.34. The van der Waals surface area contributed by atoms with Gasteiger partial charge in [-0.1, -0.05) is 36.4 Å². The van der Waals surface area contributed by atoms with Crippen LogP contribution in [0.3, 0.4) is 0 Å². The molecule has 0 bridgehead atoms. The van der Waals surface area contributed by atoms with E-state index >= 15 is 0 Å². The molecule has 1 heterocycles. The molecule has 1 saturated heterocycles. The van der Waals surface area contributed by atoms with Crippen molar-refractivity contribution in [2.24, 2.45) is 0 Å². The number of methoxy groups -OCH3 is 1. The number of hydrogen-bond acceptors (Lipinski definition) is 6. The van der Waals surface area contributed by atoms with Crippen LogP contribution in [0.25, 0.3) is 6.08 Å². The van der Waals surface area contributed by atoms with Gasteiger partial charge >= 0.3 is 11.9 Å². The van der Waals surface area contributed by atoms with Gasteiger partial charge in [-0.3, -0.25) is 0 Å². The summed E-state index contributed by atoms with van der Waals surface area (Å²) in [6.07, 6.45) is 0.372. The zero-order valence-corrected chi connectivity index (χ0v) is 14.4. The predicted octanol–water partition coefficient (Wildman–Crippen LogP) is 3.28. The summed E-state index contributed by atoms with van der Waals surface area (Å²) in [7, 11) is 1.54. The molecule has 2 aromatic rings. The van der Waals surface area contributed by atoms with E-state index < -0.39 is 18.2 Å². The summed E-state index contributed by atoms with van der Waals surface area (Å²) in [4.78, 5) is 24.6. The maximum absolute atomic E-state index is 12.3. The summed E-state index contributed by atoms with van der Waals surface area (Å²) in [5.41, 5.74) is 1.01. The first-order valence-corrected chi connectivity index (χ1v) is 8.11. The van der Waals surface area contributed by atoms with E-state index in [4.69, 9.17) is 18.9 Å². The molecule has 1 fully saturated rings. The number of benzene rings is 2. The number of esters is 2. The SMILES string of the molecule is CCOc1cc(C=C2C(=O)OC(c3ccccc3)OC2=O)ccc1OC. The molecule has 0 unspecified atom stereocenters. The van der Waals surface area contributed by atoms with E-state index in [1.807, 2.05) is 13.0 Å². The molecule has 0 N–H and O–H groups in total. The second-order valence-corrected chi connectivity index (χ2v) is 5.45. The van der Waals surface area contributed by atoms with Crippen LogP contribution in [-0.2, 0) is 19.1 Å². The Morgan fingerprint density at radius 3 is 2.31 bits per heavy atom. The standard InChI is InChI=1S/C20H18O6/c1-3-24-17-12-13(9-10-16(17)23-2)11-15-18(21)25-20(26-19(15)22)14-7-5-4-6-8-14/h4-12,20H,3H2,1-2H3. The second kappa shape index (κ2) is 7.74. The van der Waals surface area contributed by atoms with Gasteiger partial charge in [-0.25, -0.2) is 9.59 Å². The molecule has 26 heavy (non-hydrogen) atoms. The summed E-state index contributed by atoms with van der Waals surface area (Å²) >= 11 is 0. The van der Waals surface area contributed by atoms with Crippen molar-refractivity contribution in [1.82, 2.24) is 0 Å². The predicted molar refractivity (Wildman–Crippen MR) is 93.5 cm³/mol. The number of carbonyl (C=O) groups is 2. The van der Waals surface area contributed by atoms with Crippen molar-refractivity contribution in [3.05, 3.63) is 65.2 Å². The quantitative estimate of drug-likeness (QED) is 0.466. The van der Waals surface area contributed by atoms with Gasteiger partial charge in [0.25, 0.3) is 6.29 Å². The lowest BCUT2D eigenvalue weighted by atomic mass is 10.1. The molecule has 0 radical (unpaired) electrons. The van der Waals surface area contributed by atoms with E-state index in [-0.39, 0.29) is 5.57 Å². The highest BCUT2D eigenvalue weighted by atomic mass is 16.7. The average molecular weight is 354 g/mol. The maximum Gasteiger partial charge on any atom is 0.348 e. The third kappa shape index (κ3) is 3.69. The molecule has 1 aliphatic heterocycles. The van der Waals surface area contributed by atoms with Crippen molar-refractivity contribution in [3.8, 4) is 11.5 Å². The normalized spacial score (nSPS) is 16.5. The molecule has 0 amide bonds. The average Bonchev–Trinajstić information content (AvgIpc) is 2.66. The van der Waals surface area contributed by atoms with Gasteiger partial charge in [0.15, 0.2) is 11.5 Å². The van der Waals surface area contributed by atoms with Gasteiger partial charge in [-0.15, -0.1) is 0 Å². The summed E-state index contributed by atoms with van der Waals surface area (Å²) in [6.45, 7) is 2.31. The number of cyclic esters (lactones) is 2. The van der Waals surface area contributed by atoms with Crippen molar-refractivity contribution in [2.45, 2.75) is 13.2 Å². The lowest BCUT2D eigenvalue weighted by Gasteiger charge is -2.24. The van der Waals surface area contributed by atoms with Crippen LogP contribution in [0.2, 0.25) is 0 Å². The van der Waals surface area contributed by atoms with E-state index in [1.165, 1.54) is 13.2 Å². The fourth-order valence-electron chi connectivity index (χ4n) is 2.51. The first-order valence-electron chi connectivity index (χ1n) is 8.11. The van der Waals surface area contributed by atoms with Gasteiger partial charge in [0, 0.05) is 5.56 Å². The largest absolute Gasteiger partial charge is 0.493 e. The third-order valence-electron chi connectivity index (χ3n) is 3.74.